The van der Waals surface area contributed by atoms with Gasteiger partial charge in [-0.3, -0.25) is 9.52 Å². The molecule has 11 nitrogen and oxygen atoms in total. The monoisotopic (exact) mass is 576 g/mol. The number of aryl methyl sites for hydroxylation is 1. The summed E-state index contributed by atoms with van der Waals surface area (Å²) in [5.74, 6) is 0.354. The largest absolute Gasteiger partial charge is 0.451 e. The summed E-state index contributed by atoms with van der Waals surface area (Å²) in [5, 5.41) is 9.28. The van der Waals surface area contributed by atoms with Crippen molar-refractivity contribution in [3.63, 3.8) is 0 Å². The number of benzene rings is 2. The minimum Gasteiger partial charge on any atom is -0.451 e. The lowest BCUT2D eigenvalue weighted by atomic mass is 10.0. The van der Waals surface area contributed by atoms with Crippen molar-refractivity contribution in [3.05, 3.63) is 66.3 Å². The first-order chi connectivity index (χ1) is 20.5. The molecule has 0 radical (unpaired) electrons. The van der Waals surface area contributed by atoms with Gasteiger partial charge in [-0.05, 0) is 19.2 Å². The molecule has 0 saturated carbocycles. The molecule has 13 heteroatoms. The maximum Gasteiger partial charge on any atom is 0.231 e. The fourth-order valence-corrected chi connectivity index (χ4v) is 5.70. The van der Waals surface area contributed by atoms with Crippen LogP contribution in [0.1, 0.15) is 18.0 Å². The van der Waals surface area contributed by atoms with Crippen molar-refractivity contribution in [1.29, 1.82) is 0 Å². The minimum atomic E-state index is -0.898. The SMILES string of the molecule is CN1CCN(c2c(-c3cnn(C)c3)cc(Nc3cc(N4OCC[C@@H]4c4cccc(F)c4F)ncn3)c3c2OCO3)CC1. The first-order valence-corrected chi connectivity index (χ1v) is 13.8. The average Bonchev–Trinajstić information content (AvgIpc) is 3.77. The second-order valence-corrected chi connectivity index (χ2v) is 10.6. The fraction of sp³-hybridized carbons (Fsp3) is 0.345. The Labute approximate surface area is 241 Å². The van der Waals surface area contributed by atoms with Gasteiger partial charge in [0.15, 0.2) is 29.0 Å². The topological polar surface area (TPSA) is 93.0 Å². The van der Waals surface area contributed by atoms with Gasteiger partial charge in [-0.2, -0.15) is 5.10 Å². The molecule has 42 heavy (non-hydrogen) atoms. The lowest BCUT2D eigenvalue weighted by Gasteiger charge is -2.35. The molecule has 7 rings (SSSR count). The van der Waals surface area contributed by atoms with Crippen LogP contribution in [0, 0.1) is 11.6 Å². The molecule has 0 spiro atoms. The summed E-state index contributed by atoms with van der Waals surface area (Å²) >= 11 is 0. The van der Waals surface area contributed by atoms with Gasteiger partial charge in [0.2, 0.25) is 6.79 Å². The minimum absolute atomic E-state index is 0.0960. The van der Waals surface area contributed by atoms with E-state index in [4.69, 9.17) is 14.3 Å². The van der Waals surface area contributed by atoms with E-state index >= 15 is 0 Å². The number of rotatable bonds is 6. The predicted octanol–water partition coefficient (Wildman–Crippen LogP) is 4.26. The zero-order valence-electron chi connectivity index (χ0n) is 23.3. The van der Waals surface area contributed by atoms with Gasteiger partial charge in [-0.25, -0.2) is 23.8 Å². The van der Waals surface area contributed by atoms with Crippen LogP contribution in [0.25, 0.3) is 11.1 Å². The normalized spacial score (nSPS) is 18.6. The molecule has 3 aliphatic rings. The van der Waals surface area contributed by atoms with E-state index in [1.807, 2.05) is 25.5 Å². The predicted molar refractivity (Wildman–Crippen MR) is 152 cm³/mol. The van der Waals surface area contributed by atoms with Crippen LogP contribution >= 0.6 is 0 Å². The van der Waals surface area contributed by atoms with Crippen LogP contribution in [-0.4, -0.2) is 71.3 Å². The lowest BCUT2D eigenvalue weighted by Crippen LogP contribution is -2.44. The third kappa shape index (κ3) is 4.73. The number of hydroxylamine groups is 1. The van der Waals surface area contributed by atoms with Gasteiger partial charge < -0.3 is 24.6 Å². The number of hydrogen-bond donors (Lipinski definition) is 1. The van der Waals surface area contributed by atoms with Crippen molar-refractivity contribution in [2.24, 2.45) is 7.05 Å². The summed E-state index contributed by atoms with van der Waals surface area (Å²) < 4.78 is 42.5. The molecule has 5 heterocycles. The van der Waals surface area contributed by atoms with E-state index in [1.54, 1.807) is 16.8 Å². The van der Waals surface area contributed by atoms with Gasteiger partial charge in [0.25, 0.3) is 0 Å². The molecule has 0 aliphatic carbocycles. The number of fused-ring (bicyclic) bond motifs is 1. The number of halogens is 2. The number of nitrogens with one attached hydrogen (secondary N) is 1. The Morgan fingerprint density at radius 1 is 1.00 bits per heavy atom. The van der Waals surface area contributed by atoms with E-state index in [0.717, 1.165) is 49.1 Å². The number of piperazine rings is 1. The average molecular weight is 577 g/mol. The van der Waals surface area contributed by atoms with Gasteiger partial charge in [-0.15, -0.1) is 0 Å². The summed E-state index contributed by atoms with van der Waals surface area (Å²) in [6.45, 7) is 4.01. The zero-order chi connectivity index (χ0) is 28.8. The van der Waals surface area contributed by atoms with E-state index < -0.39 is 17.7 Å². The second-order valence-electron chi connectivity index (χ2n) is 10.6. The van der Waals surface area contributed by atoms with Crippen molar-refractivity contribution in [3.8, 4) is 22.6 Å². The summed E-state index contributed by atoms with van der Waals surface area (Å²) in [4.78, 5) is 19.2. The van der Waals surface area contributed by atoms with Crippen LogP contribution in [0.4, 0.5) is 31.8 Å². The Morgan fingerprint density at radius 2 is 1.83 bits per heavy atom. The van der Waals surface area contributed by atoms with Crippen molar-refractivity contribution in [2.75, 3.05) is 61.9 Å². The lowest BCUT2D eigenvalue weighted by molar-refractivity contribution is 0.156. The second kappa shape index (κ2) is 10.7. The quantitative estimate of drug-likeness (QED) is 0.359. The Bertz CT molecular complexity index is 1620. The van der Waals surface area contributed by atoms with Crippen LogP contribution in [0.3, 0.4) is 0 Å². The molecule has 1 atom stereocenters. The Morgan fingerprint density at radius 3 is 2.64 bits per heavy atom. The molecule has 0 amide bonds. The summed E-state index contributed by atoms with van der Waals surface area (Å²) in [6, 6.07) is 7.35. The van der Waals surface area contributed by atoms with E-state index in [1.165, 1.54) is 17.5 Å². The van der Waals surface area contributed by atoms with Crippen LogP contribution in [0.2, 0.25) is 0 Å². The molecule has 2 aromatic heterocycles. The third-order valence-corrected chi connectivity index (χ3v) is 7.84. The fourth-order valence-electron chi connectivity index (χ4n) is 5.70. The van der Waals surface area contributed by atoms with Crippen LogP contribution in [0.5, 0.6) is 11.5 Å². The first kappa shape index (κ1) is 26.4. The highest BCUT2D eigenvalue weighted by atomic mass is 19.2. The third-order valence-electron chi connectivity index (χ3n) is 7.84. The first-order valence-electron chi connectivity index (χ1n) is 13.8. The number of likely N-dealkylation sites (N-methyl/N-ethyl adjacent to an activating group) is 1. The number of hydrogen-bond acceptors (Lipinski definition) is 10. The van der Waals surface area contributed by atoms with Gasteiger partial charge in [0.1, 0.15) is 12.1 Å². The van der Waals surface area contributed by atoms with Crippen molar-refractivity contribution < 1.29 is 23.1 Å². The highest BCUT2D eigenvalue weighted by Gasteiger charge is 2.33. The molecule has 0 bridgehead atoms. The van der Waals surface area contributed by atoms with E-state index in [2.05, 4.69) is 37.2 Å². The number of nitrogens with zero attached hydrogens (tertiary/aromatic N) is 7. The summed E-state index contributed by atoms with van der Waals surface area (Å²) in [5.41, 5.74) is 3.76. The van der Waals surface area contributed by atoms with Crippen LogP contribution in [-0.2, 0) is 11.9 Å². The number of anilines is 4. The summed E-state index contributed by atoms with van der Waals surface area (Å²) in [7, 11) is 4.01. The number of ether oxygens (including phenoxy) is 2. The molecule has 1 N–H and O–H groups in total. The maximum absolute atomic E-state index is 14.7. The van der Waals surface area contributed by atoms with E-state index in [9.17, 15) is 8.78 Å². The van der Waals surface area contributed by atoms with Crippen LogP contribution in [0.15, 0.2) is 49.1 Å². The van der Waals surface area contributed by atoms with Gasteiger partial charge in [0, 0.05) is 68.6 Å². The van der Waals surface area contributed by atoms with Gasteiger partial charge in [0.05, 0.1) is 30.2 Å². The highest BCUT2D eigenvalue weighted by Crippen LogP contribution is 2.52. The molecule has 218 valence electrons. The molecule has 0 unspecified atom stereocenters. The highest BCUT2D eigenvalue weighted by molar-refractivity contribution is 5.91. The molecule has 4 aromatic rings. The smallest absolute Gasteiger partial charge is 0.231 e. The van der Waals surface area contributed by atoms with E-state index in [-0.39, 0.29) is 12.4 Å². The summed E-state index contributed by atoms with van der Waals surface area (Å²) in [6.07, 6.45) is 5.69. The van der Waals surface area contributed by atoms with Crippen LogP contribution < -0.4 is 24.8 Å². The van der Waals surface area contributed by atoms with Gasteiger partial charge >= 0.3 is 0 Å². The molecule has 2 saturated heterocycles. The van der Waals surface area contributed by atoms with E-state index in [0.29, 0.717) is 41.8 Å². The number of aromatic nitrogens is 4. The van der Waals surface area contributed by atoms with Crippen molar-refractivity contribution >= 4 is 23.0 Å². The molecule has 2 aromatic carbocycles. The zero-order valence-corrected chi connectivity index (χ0v) is 23.3. The van der Waals surface area contributed by atoms with Gasteiger partial charge in [-0.1, -0.05) is 12.1 Å². The van der Waals surface area contributed by atoms with Crippen molar-refractivity contribution in [2.45, 2.75) is 12.5 Å². The molecular formula is C29H30F2N8O3. The molecule has 2 fully saturated rings. The Hall–Kier alpha value is -4.49. The Kier molecular flexibility index (Phi) is 6.75. The maximum atomic E-state index is 14.7. The van der Waals surface area contributed by atoms with Crippen molar-refractivity contribution in [1.82, 2.24) is 24.6 Å². The molecular weight excluding hydrogens is 546 g/mol. The Balaban J connectivity index is 1.25. The molecule has 3 aliphatic heterocycles. The standard InChI is InChI=1S/C29H30F2N8O3/c1-36-7-9-38(10-8-36)27-20(18-14-34-37(2)15-18)12-22(28-29(27)41-17-40-28)35-24-13-25(33-16-32-24)39-23(6-11-42-39)19-4-3-5-21(30)26(19)31/h3-5,12-16,23H,6-11,17H2,1-2H3,(H,32,33,35)/t23-/m1/s1.